The smallest absolute Gasteiger partial charge is 0.160 e. The Morgan fingerprint density at radius 2 is 0.837 bits per heavy atom. The van der Waals surface area contributed by atoms with Gasteiger partial charge in [0.1, 0.15) is 0 Å². The summed E-state index contributed by atoms with van der Waals surface area (Å²) in [5.74, 6) is 0.718. The van der Waals surface area contributed by atoms with Gasteiger partial charge in [-0.25, -0.2) is 9.97 Å². The number of hydrogen-bond acceptors (Lipinski definition) is 2. The van der Waals surface area contributed by atoms with Gasteiger partial charge in [-0.3, -0.25) is 0 Å². The summed E-state index contributed by atoms with van der Waals surface area (Å²) in [7, 11) is 0. The van der Waals surface area contributed by atoms with Crippen molar-refractivity contribution in [3.63, 3.8) is 0 Å². The van der Waals surface area contributed by atoms with Crippen LogP contribution < -0.4 is 0 Å². The number of hydrogen-bond donors (Lipinski definition) is 0. The first-order valence-electron chi connectivity index (χ1n) is 14.5. The van der Waals surface area contributed by atoms with Crippen LogP contribution in [0.2, 0.25) is 0 Å². The van der Waals surface area contributed by atoms with Crippen molar-refractivity contribution in [1.82, 2.24) is 14.5 Å². The van der Waals surface area contributed by atoms with E-state index in [0.717, 1.165) is 50.7 Å². The average molecular weight is 550 g/mol. The summed E-state index contributed by atoms with van der Waals surface area (Å²) in [4.78, 5) is 10.0. The summed E-state index contributed by atoms with van der Waals surface area (Å²) in [5, 5.41) is 2.52. The molecule has 0 atom stereocenters. The number of fused-ring (bicyclic) bond motifs is 3. The lowest BCUT2D eigenvalue weighted by Crippen LogP contribution is -1.96. The molecule has 0 unspecified atom stereocenters. The predicted octanol–water partition coefficient (Wildman–Crippen LogP) is 10.2. The molecule has 0 aliphatic carbocycles. The minimum Gasteiger partial charge on any atom is -0.309 e. The van der Waals surface area contributed by atoms with Gasteiger partial charge < -0.3 is 4.57 Å². The molecular formula is C40H27N3. The molecule has 0 aliphatic rings. The normalized spacial score (nSPS) is 11.3. The number of para-hydroxylation sites is 2. The van der Waals surface area contributed by atoms with E-state index in [2.05, 4.69) is 132 Å². The molecule has 0 saturated heterocycles. The molecular weight excluding hydrogens is 522 g/mol. The molecule has 0 spiro atoms. The van der Waals surface area contributed by atoms with Gasteiger partial charge in [0.2, 0.25) is 0 Å². The van der Waals surface area contributed by atoms with Crippen molar-refractivity contribution in [2.45, 2.75) is 0 Å². The predicted molar refractivity (Wildman–Crippen MR) is 178 cm³/mol. The van der Waals surface area contributed by atoms with E-state index in [0.29, 0.717) is 0 Å². The lowest BCUT2D eigenvalue weighted by Gasteiger charge is -2.12. The maximum Gasteiger partial charge on any atom is 0.160 e. The molecule has 6 aromatic carbocycles. The number of aromatic nitrogens is 3. The molecule has 3 heteroatoms. The third-order valence-electron chi connectivity index (χ3n) is 8.00. The van der Waals surface area contributed by atoms with Gasteiger partial charge in [0.05, 0.1) is 22.4 Å². The van der Waals surface area contributed by atoms with Crippen LogP contribution in [0.3, 0.4) is 0 Å². The average Bonchev–Trinajstić information content (AvgIpc) is 3.43. The first-order chi connectivity index (χ1) is 21.3. The lowest BCUT2D eigenvalue weighted by atomic mass is 10.00. The third kappa shape index (κ3) is 4.58. The van der Waals surface area contributed by atoms with Gasteiger partial charge in [-0.15, -0.1) is 0 Å². The van der Waals surface area contributed by atoms with Crippen LogP contribution in [0.1, 0.15) is 0 Å². The minimum atomic E-state index is 0.718. The number of rotatable bonds is 5. The largest absolute Gasteiger partial charge is 0.309 e. The summed E-state index contributed by atoms with van der Waals surface area (Å²) < 4.78 is 2.36. The Kier molecular flexibility index (Phi) is 6.12. The van der Waals surface area contributed by atoms with Crippen LogP contribution in [0.25, 0.3) is 72.5 Å². The Hall–Kier alpha value is -5.80. The van der Waals surface area contributed by atoms with E-state index in [1.54, 1.807) is 0 Å². The van der Waals surface area contributed by atoms with Crippen LogP contribution in [-0.4, -0.2) is 14.5 Å². The van der Waals surface area contributed by atoms with Gasteiger partial charge in [-0.2, -0.15) is 0 Å². The fraction of sp³-hybridized carbons (Fsp3) is 0. The molecule has 8 rings (SSSR count). The topological polar surface area (TPSA) is 30.7 Å². The van der Waals surface area contributed by atoms with Crippen LogP contribution in [0.5, 0.6) is 0 Å². The van der Waals surface area contributed by atoms with E-state index < -0.39 is 0 Å². The van der Waals surface area contributed by atoms with E-state index in [1.165, 1.54) is 21.8 Å². The maximum atomic E-state index is 5.05. The van der Waals surface area contributed by atoms with Crippen LogP contribution in [-0.2, 0) is 0 Å². The quantitative estimate of drug-likeness (QED) is 0.214. The van der Waals surface area contributed by atoms with Crippen molar-refractivity contribution in [3.05, 3.63) is 164 Å². The monoisotopic (exact) mass is 549 g/mol. The summed E-state index contributed by atoms with van der Waals surface area (Å²) in [6.45, 7) is 0. The SMILES string of the molecule is c1ccc(-c2cc(-c3cccc(-c4cccc(-n5c6ccccc6c6ccccc65)c4)c3)nc(-c3ccccc3)n2)cc1. The van der Waals surface area contributed by atoms with Gasteiger partial charge in [-0.05, 0) is 47.5 Å². The Morgan fingerprint density at radius 3 is 1.51 bits per heavy atom. The van der Waals surface area contributed by atoms with Crippen LogP contribution in [0.4, 0.5) is 0 Å². The third-order valence-corrected chi connectivity index (χ3v) is 8.00. The highest BCUT2D eigenvalue weighted by molar-refractivity contribution is 6.09. The second-order valence-corrected chi connectivity index (χ2v) is 10.7. The Labute approximate surface area is 250 Å². The Bertz CT molecular complexity index is 2120. The van der Waals surface area contributed by atoms with Crippen molar-refractivity contribution in [3.8, 4) is 50.7 Å². The summed E-state index contributed by atoms with van der Waals surface area (Å²) in [5.41, 5.74) is 10.8. The van der Waals surface area contributed by atoms with Crippen molar-refractivity contribution < 1.29 is 0 Å². The molecule has 202 valence electrons. The molecule has 0 amide bonds. The fourth-order valence-corrected chi connectivity index (χ4v) is 5.95. The van der Waals surface area contributed by atoms with Crippen LogP contribution in [0.15, 0.2) is 164 Å². The Balaban J connectivity index is 1.25. The van der Waals surface area contributed by atoms with Gasteiger partial charge >= 0.3 is 0 Å². The molecule has 0 bridgehead atoms. The highest BCUT2D eigenvalue weighted by atomic mass is 15.0. The Morgan fingerprint density at radius 1 is 0.349 bits per heavy atom. The number of benzene rings is 6. The van der Waals surface area contributed by atoms with Crippen LogP contribution >= 0.6 is 0 Å². The summed E-state index contributed by atoms with van der Waals surface area (Å²) in [6.07, 6.45) is 0. The first-order valence-corrected chi connectivity index (χ1v) is 14.5. The molecule has 0 N–H and O–H groups in total. The molecule has 3 nitrogen and oxygen atoms in total. The van der Waals surface area contributed by atoms with Gasteiger partial charge in [0.15, 0.2) is 5.82 Å². The van der Waals surface area contributed by atoms with Crippen molar-refractivity contribution >= 4 is 21.8 Å². The van der Waals surface area contributed by atoms with Gasteiger partial charge in [-0.1, -0.05) is 127 Å². The molecule has 0 radical (unpaired) electrons. The minimum absolute atomic E-state index is 0.718. The zero-order chi connectivity index (χ0) is 28.6. The standard InChI is InChI=1S/C40H27N3/c1-3-13-28(14-4-1)36-27-37(42-40(41-36)29-15-5-2-6-16-29)32-19-11-17-30(25-32)31-18-12-20-33(26-31)43-38-23-9-7-21-34(38)35-22-8-10-24-39(35)43/h1-27H. The van der Waals surface area contributed by atoms with Crippen molar-refractivity contribution in [2.75, 3.05) is 0 Å². The van der Waals surface area contributed by atoms with E-state index in [4.69, 9.17) is 9.97 Å². The van der Waals surface area contributed by atoms with Gasteiger partial charge in [0.25, 0.3) is 0 Å². The van der Waals surface area contributed by atoms with Gasteiger partial charge in [0, 0.05) is 33.2 Å². The van der Waals surface area contributed by atoms with E-state index in [9.17, 15) is 0 Å². The summed E-state index contributed by atoms with van der Waals surface area (Å²) >= 11 is 0. The molecule has 0 aliphatic heterocycles. The highest BCUT2D eigenvalue weighted by Crippen LogP contribution is 2.34. The van der Waals surface area contributed by atoms with E-state index in [-0.39, 0.29) is 0 Å². The second kappa shape index (κ2) is 10.6. The van der Waals surface area contributed by atoms with Crippen molar-refractivity contribution in [1.29, 1.82) is 0 Å². The zero-order valence-corrected chi connectivity index (χ0v) is 23.4. The van der Waals surface area contributed by atoms with Crippen molar-refractivity contribution in [2.24, 2.45) is 0 Å². The fourth-order valence-electron chi connectivity index (χ4n) is 5.95. The second-order valence-electron chi connectivity index (χ2n) is 10.7. The molecule has 2 aromatic heterocycles. The first kappa shape index (κ1) is 25.0. The molecule has 8 aromatic rings. The number of nitrogens with zero attached hydrogens (tertiary/aromatic N) is 3. The molecule has 2 heterocycles. The molecule has 0 fully saturated rings. The molecule has 43 heavy (non-hydrogen) atoms. The lowest BCUT2D eigenvalue weighted by molar-refractivity contribution is 1.18. The van der Waals surface area contributed by atoms with E-state index in [1.807, 2.05) is 36.4 Å². The zero-order valence-electron chi connectivity index (χ0n) is 23.4. The summed E-state index contributed by atoms with van der Waals surface area (Å²) in [6, 6.07) is 57.3. The molecule has 0 saturated carbocycles. The maximum absolute atomic E-state index is 5.05. The highest BCUT2D eigenvalue weighted by Gasteiger charge is 2.14. The van der Waals surface area contributed by atoms with Crippen LogP contribution in [0, 0.1) is 0 Å². The van der Waals surface area contributed by atoms with E-state index >= 15 is 0 Å².